The van der Waals surface area contributed by atoms with Crippen molar-refractivity contribution in [1.82, 2.24) is 36.8 Å². The molecule has 0 spiro atoms. The van der Waals surface area contributed by atoms with Crippen molar-refractivity contribution in [2.75, 3.05) is 46.4 Å². The van der Waals surface area contributed by atoms with E-state index in [2.05, 4.69) is 31.9 Å². The molecule has 3 rings (SSSR count). The molecule has 0 aliphatic carbocycles. The number of fused-ring (bicyclic) bond motifs is 5. The van der Waals surface area contributed by atoms with E-state index in [0.29, 0.717) is 5.56 Å². The van der Waals surface area contributed by atoms with Crippen molar-refractivity contribution in [2.45, 2.75) is 50.9 Å². The van der Waals surface area contributed by atoms with Gasteiger partial charge in [0, 0.05) is 31.5 Å². The Balaban J connectivity index is 2.35. The standard InChI is InChI=1S/C37H43N11O9/c1-21-34(52)47-28(35(53)44-15-12-41)17-23-4-6-29(56-19-31(50)42-13-10-39)25(16-23)26-18-24(5-7-30(26)57-20-32(51)43-14-11-40)33(36(54)45-21)48(3)37(55)27(8-9-38)46-22(2)49/h4-7,16,18,21,27-28,33H,8-9,13-15,17,19-20,38H2,1-3H3,(H,42,50)(H,43,51)(H,44,53)(H,45,54)(H,46,49)(H,47,52)/t21-,27-,28-,33-/m0/s1. The molecule has 300 valence electrons. The SMILES string of the molecule is CC(=O)N[C@@H](CCN)C(=O)N(C)[C@@H]1C(=O)N[C@@H](C)C(=O)N[C@H](C(=O)NCC#N)Cc2ccc(OCC(=O)NCC#N)c(c2)-c2cc1ccc2OCC(=O)NCC#N. The Labute approximate surface area is 328 Å². The second kappa shape index (κ2) is 21.6. The van der Waals surface area contributed by atoms with Crippen LogP contribution in [0.1, 0.15) is 37.4 Å². The molecule has 1 aliphatic rings. The summed E-state index contributed by atoms with van der Waals surface area (Å²) < 4.78 is 11.8. The van der Waals surface area contributed by atoms with Crippen molar-refractivity contribution in [3.8, 4) is 40.8 Å². The van der Waals surface area contributed by atoms with Gasteiger partial charge in [0.15, 0.2) is 13.2 Å². The largest absolute Gasteiger partial charge is 0.483 e. The van der Waals surface area contributed by atoms with Crippen molar-refractivity contribution in [2.24, 2.45) is 5.73 Å². The zero-order valence-electron chi connectivity index (χ0n) is 31.5. The van der Waals surface area contributed by atoms with Crippen molar-refractivity contribution < 1.29 is 43.0 Å². The number of likely N-dealkylation sites (N-methyl/N-ethyl adjacent to an activating group) is 1. The Kier molecular flexibility index (Phi) is 16.7. The highest BCUT2D eigenvalue weighted by Crippen LogP contribution is 2.40. The number of benzene rings is 2. The minimum Gasteiger partial charge on any atom is -0.483 e. The molecule has 0 radical (unpaired) electrons. The molecule has 20 heteroatoms. The number of ether oxygens (including phenoxy) is 2. The smallest absolute Gasteiger partial charge is 0.258 e. The van der Waals surface area contributed by atoms with Gasteiger partial charge in [0.1, 0.15) is 55.3 Å². The number of carbonyl (C=O) groups is 7. The number of hydrogen-bond acceptors (Lipinski definition) is 13. The average Bonchev–Trinajstić information content (AvgIpc) is 3.18. The summed E-state index contributed by atoms with van der Waals surface area (Å²) in [5, 5.41) is 41.8. The Bertz CT molecular complexity index is 1990. The summed E-state index contributed by atoms with van der Waals surface area (Å²) in [6.45, 7) is 0.523. The molecule has 0 fully saturated rings. The van der Waals surface area contributed by atoms with E-state index in [9.17, 15) is 33.6 Å². The Morgan fingerprint density at radius 1 is 0.860 bits per heavy atom. The van der Waals surface area contributed by atoms with E-state index >= 15 is 0 Å². The number of hydrogen-bond donors (Lipinski definition) is 7. The van der Waals surface area contributed by atoms with Crippen molar-refractivity contribution in [3.63, 3.8) is 0 Å². The first-order valence-corrected chi connectivity index (χ1v) is 17.5. The lowest BCUT2D eigenvalue weighted by molar-refractivity contribution is -0.142. The van der Waals surface area contributed by atoms with Crippen LogP contribution >= 0.6 is 0 Å². The minimum atomic E-state index is -1.49. The highest BCUT2D eigenvalue weighted by Gasteiger charge is 2.35. The molecule has 0 saturated carbocycles. The van der Waals surface area contributed by atoms with Crippen LogP contribution in [0.15, 0.2) is 36.4 Å². The van der Waals surface area contributed by atoms with Crippen molar-refractivity contribution in [3.05, 3.63) is 47.5 Å². The van der Waals surface area contributed by atoms with Crippen LogP contribution in [0, 0.1) is 34.0 Å². The van der Waals surface area contributed by atoms with E-state index < -0.39 is 78.7 Å². The molecule has 20 nitrogen and oxygen atoms in total. The Morgan fingerprint density at radius 2 is 1.42 bits per heavy atom. The third kappa shape index (κ3) is 12.7. The number of rotatable bonds is 15. The fourth-order valence-corrected chi connectivity index (χ4v) is 5.70. The van der Waals surface area contributed by atoms with E-state index in [1.807, 2.05) is 0 Å². The van der Waals surface area contributed by atoms with E-state index in [1.54, 1.807) is 30.3 Å². The molecule has 0 aromatic heterocycles. The van der Waals surface area contributed by atoms with Gasteiger partial charge in [-0.3, -0.25) is 33.6 Å². The fourth-order valence-electron chi connectivity index (χ4n) is 5.70. The van der Waals surface area contributed by atoms with Crippen LogP contribution in [0.25, 0.3) is 11.1 Å². The van der Waals surface area contributed by atoms with Gasteiger partial charge in [0.05, 0.1) is 18.2 Å². The van der Waals surface area contributed by atoms with Gasteiger partial charge < -0.3 is 52.0 Å². The summed E-state index contributed by atoms with van der Waals surface area (Å²) >= 11 is 0. The molecule has 57 heavy (non-hydrogen) atoms. The highest BCUT2D eigenvalue weighted by atomic mass is 16.5. The molecule has 0 unspecified atom stereocenters. The quantitative estimate of drug-likeness (QED) is 0.0956. The molecule has 4 atom stereocenters. The number of nitrogens with zero attached hydrogens (tertiary/aromatic N) is 4. The maximum Gasteiger partial charge on any atom is 0.258 e. The first-order valence-electron chi connectivity index (χ1n) is 17.5. The Hall–Kier alpha value is -7.24. The first kappa shape index (κ1) is 44.2. The third-order valence-electron chi connectivity index (χ3n) is 8.38. The molecule has 2 aromatic carbocycles. The van der Waals surface area contributed by atoms with E-state index in [0.717, 1.165) is 4.90 Å². The van der Waals surface area contributed by atoms with Gasteiger partial charge in [0.25, 0.3) is 11.8 Å². The minimum absolute atomic E-state index is 0.00743. The van der Waals surface area contributed by atoms with Gasteiger partial charge >= 0.3 is 0 Å². The molecule has 8 N–H and O–H groups in total. The second-order valence-corrected chi connectivity index (χ2v) is 12.6. The Morgan fingerprint density at radius 3 is 1.98 bits per heavy atom. The average molecular weight is 786 g/mol. The van der Waals surface area contributed by atoms with Gasteiger partial charge in [-0.05, 0) is 55.3 Å². The second-order valence-electron chi connectivity index (χ2n) is 12.6. The van der Waals surface area contributed by atoms with Crippen LogP contribution in [0.2, 0.25) is 0 Å². The number of carbonyl (C=O) groups excluding carboxylic acids is 7. The molecular formula is C37H43N11O9. The molecule has 0 saturated heterocycles. The maximum absolute atomic E-state index is 14.2. The van der Waals surface area contributed by atoms with Gasteiger partial charge in [-0.15, -0.1) is 0 Å². The summed E-state index contributed by atoms with van der Waals surface area (Å²) in [4.78, 5) is 93.1. The van der Waals surface area contributed by atoms with E-state index in [4.69, 9.17) is 31.0 Å². The molecule has 1 aliphatic heterocycles. The van der Waals surface area contributed by atoms with Gasteiger partial charge in [-0.25, -0.2) is 0 Å². The highest BCUT2D eigenvalue weighted by molar-refractivity contribution is 5.96. The zero-order valence-corrected chi connectivity index (χ0v) is 31.5. The van der Waals surface area contributed by atoms with Gasteiger partial charge in [0.2, 0.25) is 29.5 Å². The fraction of sp³-hybridized carbons (Fsp3) is 0.405. The van der Waals surface area contributed by atoms with Crippen molar-refractivity contribution in [1.29, 1.82) is 15.8 Å². The van der Waals surface area contributed by atoms with Gasteiger partial charge in [-0.2, -0.15) is 15.8 Å². The molecule has 4 bridgehead atoms. The molecule has 2 aromatic rings. The topological polar surface area (TPSA) is 311 Å². The van der Waals surface area contributed by atoms with Crippen LogP contribution in [0.3, 0.4) is 0 Å². The number of amides is 7. The normalized spacial score (nSPS) is 16.5. The number of nitrogens with two attached hydrogens (primary N) is 1. The first-order chi connectivity index (χ1) is 27.2. The number of nitriles is 3. The van der Waals surface area contributed by atoms with E-state index in [-0.39, 0.29) is 67.2 Å². The predicted octanol–water partition coefficient (Wildman–Crippen LogP) is -2.07. The van der Waals surface area contributed by atoms with Crippen LogP contribution < -0.4 is 47.1 Å². The van der Waals surface area contributed by atoms with Crippen LogP contribution in [-0.2, 0) is 40.0 Å². The molecule has 1 heterocycles. The monoisotopic (exact) mass is 785 g/mol. The maximum atomic E-state index is 14.2. The number of nitrogens with one attached hydrogen (secondary N) is 6. The van der Waals surface area contributed by atoms with Gasteiger partial charge in [-0.1, -0.05) is 12.1 Å². The van der Waals surface area contributed by atoms with Crippen LogP contribution in [0.5, 0.6) is 11.5 Å². The van der Waals surface area contributed by atoms with Crippen molar-refractivity contribution >= 4 is 41.4 Å². The lowest BCUT2D eigenvalue weighted by Crippen LogP contribution is -2.56. The summed E-state index contributed by atoms with van der Waals surface area (Å²) in [7, 11) is 1.32. The van der Waals surface area contributed by atoms with Crippen LogP contribution in [-0.4, -0.2) is 111 Å². The lowest BCUT2D eigenvalue weighted by Gasteiger charge is -2.32. The van der Waals surface area contributed by atoms with E-state index in [1.165, 1.54) is 45.2 Å². The molecule has 7 amide bonds. The summed E-state index contributed by atoms with van der Waals surface area (Å²) in [5.41, 5.74) is 6.72. The summed E-state index contributed by atoms with van der Waals surface area (Å²) in [6, 6.07) is 9.16. The lowest BCUT2D eigenvalue weighted by atomic mass is 9.93. The predicted molar refractivity (Wildman–Crippen MR) is 199 cm³/mol. The summed E-state index contributed by atoms with van der Waals surface area (Å²) in [5.74, 6) is -4.73. The molecular weight excluding hydrogens is 742 g/mol. The third-order valence-corrected chi connectivity index (χ3v) is 8.38. The van der Waals surface area contributed by atoms with Crippen LogP contribution in [0.4, 0.5) is 0 Å². The summed E-state index contributed by atoms with van der Waals surface area (Å²) in [6.07, 6.45) is -0.121. The zero-order chi connectivity index (χ0) is 42.1.